The quantitative estimate of drug-likeness (QED) is 0.328. The number of hydrogen-bond acceptors (Lipinski definition) is 8. The first-order valence-electron chi connectivity index (χ1n) is 10.8. The van der Waals surface area contributed by atoms with Crippen molar-refractivity contribution in [1.82, 2.24) is 5.32 Å². The predicted octanol–water partition coefficient (Wildman–Crippen LogP) is 3.32. The highest BCUT2D eigenvalue weighted by molar-refractivity contribution is 5.90. The van der Waals surface area contributed by atoms with Crippen LogP contribution in [0.25, 0.3) is 6.08 Å². The normalized spacial score (nSPS) is 11.8. The Bertz CT molecular complexity index is 914. The first kappa shape index (κ1) is 26.0. The molecule has 0 aliphatic heterocycles. The zero-order chi connectivity index (χ0) is 24.1. The first-order chi connectivity index (χ1) is 16.0. The topological polar surface area (TPSA) is 95.5 Å². The van der Waals surface area contributed by atoms with Gasteiger partial charge < -0.3 is 34.1 Å². The second kappa shape index (κ2) is 14.0. The van der Waals surface area contributed by atoms with Gasteiger partial charge >= 0.3 is 5.97 Å². The number of ether oxygens (including phenoxy) is 5. The van der Waals surface area contributed by atoms with Gasteiger partial charge in [0.1, 0.15) is 19.3 Å². The number of esters is 1. The van der Waals surface area contributed by atoms with E-state index in [1.807, 2.05) is 37.3 Å². The molecule has 2 aromatic rings. The van der Waals surface area contributed by atoms with Crippen LogP contribution in [0.5, 0.6) is 23.0 Å². The molecule has 0 saturated heterocycles. The Balaban J connectivity index is 1.74. The van der Waals surface area contributed by atoms with E-state index in [2.05, 4.69) is 5.32 Å². The van der Waals surface area contributed by atoms with Gasteiger partial charge in [0.15, 0.2) is 23.0 Å². The van der Waals surface area contributed by atoms with Crippen molar-refractivity contribution in [3.8, 4) is 23.0 Å². The molecular weight excluding hydrogens is 426 g/mol. The summed E-state index contributed by atoms with van der Waals surface area (Å²) in [5.74, 6) is 1.74. The van der Waals surface area contributed by atoms with Crippen LogP contribution in [-0.2, 0) is 4.74 Å². The molecule has 0 heterocycles. The van der Waals surface area contributed by atoms with Crippen molar-refractivity contribution in [3.63, 3.8) is 0 Å². The zero-order valence-electron chi connectivity index (χ0n) is 19.6. The lowest BCUT2D eigenvalue weighted by Crippen LogP contribution is -2.33. The van der Waals surface area contributed by atoms with E-state index in [0.717, 1.165) is 5.56 Å². The number of carbonyl (C=O) groups is 1. The molecular formula is C25H33NO7. The molecule has 0 radical (unpaired) electrons. The minimum Gasteiger partial charge on any atom is -0.493 e. The molecule has 8 heteroatoms. The average Bonchev–Trinajstić information content (AvgIpc) is 2.83. The number of allylic oxidation sites excluding steroid dienone is 1. The summed E-state index contributed by atoms with van der Waals surface area (Å²) in [7, 11) is 3.09. The number of rotatable bonds is 14. The van der Waals surface area contributed by atoms with Crippen LogP contribution >= 0.6 is 0 Å². The van der Waals surface area contributed by atoms with E-state index >= 15 is 0 Å². The maximum atomic E-state index is 11.8. The molecule has 0 bridgehead atoms. The predicted molar refractivity (Wildman–Crippen MR) is 127 cm³/mol. The Morgan fingerprint density at radius 1 is 1.03 bits per heavy atom. The first-order valence-corrected chi connectivity index (χ1v) is 10.8. The molecule has 1 atom stereocenters. The number of aliphatic hydroxyl groups excluding tert-OH is 1. The SMILES string of the molecule is C/C=C/c1ccc(OCC(O)CNCCOc2ccc(C(=O)OCC)cc2OC)c(OC)c1. The van der Waals surface area contributed by atoms with Gasteiger partial charge in [-0.05, 0) is 49.7 Å². The van der Waals surface area contributed by atoms with Crippen molar-refractivity contribution in [2.45, 2.75) is 20.0 Å². The number of aliphatic hydroxyl groups is 1. The van der Waals surface area contributed by atoms with Gasteiger partial charge in [0.2, 0.25) is 0 Å². The third-order valence-corrected chi connectivity index (χ3v) is 4.57. The monoisotopic (exact) mass is 459 g/mol. The Morgan fingerprint density at radius 2 is 1.73 bits per heavy atom. The minimum absolute atomic E-state index is 0.121. The van der Waals surface area contributed by atoms with Crippen LogP contribution in [0.4, 0.5) is 0 Å². The lowest BCUT2D eigenvalue weighted by molar-refractivity contribution is 0.0526. The van der Waals surface area contributed by atoms with Crippen LogP contribution < -0.4 is 24.3 Å². The number of nitrogens with one attached hydrogen (secondary N) is 1. The molecule has 0 saturated carbocycles. The van der Waals surface area contributed by atoms with Gasteiger partial charge in [-0.15, -0.1) is 0 Å². The van der Waals surface area contributed by atoms with Crippen molar-refractivity contribution in [2.24, 2.45) is 0 Å². The summed E-state index contributed by atoms with van der Waals surface area (Å²) in [6.45, 7) is 5.31. The van der Waals surface area contributed by atoms with Crippen molar-refractivity contribution < 1.29 is 33.6 Å². The van der Waals surface area contributed by atoms with E-state index in [4.69, 9.17) is 23.7 Å². The molecule has 0 aliphatic carbocycles. The highest BCUT2D eigenvalue weighted by Gasteiger charge is 2.12. The van der Waals surface area contributed by atoms with Crippen molar-refractivity contribution >= 4 is 12.0 Å². The molecule has 0 amide bonds. The number of carbonyl (C=O) groups excluding carboxylic acids is 1. The molecule has 8 nitrogen and oxygen atoms in total. The molecule has 0 fully saturated rings. The fourth-order valence-electron chi connectivity index (χ4n) is 2.97. The van der Waals surface area contributed by atoms with Crippen LogP contribution in [0.3, 0.4) is 0 Å². The average molecular weight is 460 g/mol. The van der Waals surface area contributed by atoms with Crippen molar-refractivity contribution in [1.29, 1.82) is 0 Å². The van der Waals surface area contributed by atoms with Gasteiger partial charge in [-0.25, -0.2) is 4.79 Å². The van der Waals surface area contributed by atoms with E-state index in [0.29, 0.717) is 54.9 Å². The second-order valence-electron chi connectivity index (χ2n) is 7.01. The van der Waals surface area contributed by atoms with Gasteiger partial charge in [-0.2, -0.15) is 0 Å². The molecule has 180 valence electrons. The summed E-state index contributed by atoms with van der Waals surface area (Å²) in [5, 5.41) is 13.3. The summed E-state index contributed by atoms with van der Waals surface area (Å²) in [6.07, 6.45) is 3.21. The van der Waals surface area contributed by atoms with Crippen molar-refractivity contribution in [3.05, 3.63) is 53.6 Å². The maximum absolute atomic E-state index is 11.8. The summed E-state index contributed by atoms with van der Waals surface area (Å²) >= 11 is 0. The molecule has 2 rings (SSSR count). The van der Waals surface area contributed by atoms with Gasteiger partial charge in [0, 0.05) is 13.1 Å². The largest absolute Gasteiger partial charge is 0.493 e. The van der Waals surface area contributed by atoms with Gasteiger partial charge in [0.25, 0.3) is 0 Å². The third-order valence-electron chi connectivity index (χ3n) is 4.57. The number of methoxy groups -OCH3 is 2. The van der Waals surface area contributed by atoms with E-state index in [9.17, 15) is 9.90 Å². The van der Waals surface area contributed by atoms with Gasteiger partial charge in [-0.3, -0.25) is 0 Å². The van der Waals surface area contributed by atoms with E-state index in [1.165, 1.54) is 7.11 Å². The van der Waals surface area contributed by atoms with Gasteiger partial charge in [0.05, 0.1) is 26.4 Å². The molecule has 0 aliphatic rings. The van der Waals surface area contributed by atoms with Crippen molar-refractivity contribution in [2.75, 3.05) is 47.1 Å². The van der Waals surface area contributed by atoms with Crippen LogP contribution in [-0.4, -0.2) is 64.3 Å². The highest BCUT2D eigenvalue weighted by atomic mass is 16.5. The lowest BCUT2D eigenvalue weighted by atomic mass is 10.2. The lowest BCUT2D eigenvalue weighted by Gasteiger charge is -2.16. The second-order valence-corrected chi connectivity index (χ2v) is 7.01. The fraction of sp³-hybridized carbons (Fsp3) is 0.400. The minimum atomic E-state index is -0.705. The maximum Gasteiger partial charge on any atom is 0.338 e. The summed E-state index contributed by atoms with van der Waals surface area (Å²) < 4.78 is 27.1. The number of benzene rings is 2. The molecule has 0 aromatic heterocycles. The van der Waals surface area contributed by atoms with E-state index in [1.54, 1.807) is 32.2 Å². The highest BCUT2D eigenvalue weighted by Crippen LogP contribution is 2.29. The number of hydrogen-bond donors (Lipinski definition) is 2. The Morgan fingerprint density at radius 3 is 2.42 bits per heavy atom. The Kier molecular flexibility index (Phi) is 11.1. The Hall–Kier alpha value is -3.23. The van der Waals surface area contributed by atoms with E-state index < -0.39 is 12.1 Å². The van der Waals surface area contributed by atoms with E-state index in [-0.39, 0.29) is 6.61 Å². The van der Waals surface area contributed by atoms with Gasteiger partial charge in [-0.1, -0.05) is 18.2 Å². The zero-order valence-corrected chi connectivity index (χ0v) is 19.6. The van der Waals surface area contributed by atoms with Crippen LogP contribution in [0.15, 0.2) is 42.5 Å². The smallest absolute Gasteiger partial charge is 0.338 e. The summed E-state index contributed by atoms with van der Waals surface area (Å²) in [5.41, 5.74) is 1.41. The fourth-order valence-corrected chi connectivity index (χ4v) is 2.97. The third kappa shape index (κ3) is 8.32. The summed E-state index contributed by atoms with van der Waals surface area (Å²) in [4.78, 5) is 11.8. The molecule has 0 spiro atoms. The summed E-state index contributed by atoms with van der Waals surface area (Å²) in [6, 6.07) is 10.5. The molecule has 2 aromatic carbocycles. The molecule has 1 unspecified atom stereocenters. The standard InChI is InChI=1S/C25H33NO7/c1-5-7-18-8-10-22(23(14-18)29-3)33-17-20(27)16-26-12-13-32-21-11-9-19(15-24(21)30-4)25(28)31-6-2/h5,7-11,14-15,20,26-27H,6,12-13,16-17H2,1-4H3/b7-5+. The van der Waals surface area contributed by atoms with Crippen LogP contribution in [0.2, 0.25) is 0 Å². The Labute approximate surface area is 195 Å². The van der Waals surface area contributed by atoms with Crippen LogP contribution in [0, 0.1) is 0 Å². The molecule has 2 N–H and O–H groups in total. The molecule has 33 heavy (non-hydrogen) atoms. The van der Waals surface area contributed by atoms with Crippen LogP contribution in [0.1, 0.15) is 29.8 Å².